The van der Waals surface area contributed by atoms with Crippen molar-refractivity contribution in [2.24, 2.45) is 11.8 Å². The Balaban J connectivity index is 2.20. The lowest BCUT2D eigenvalue weighted by atomic mass is 9.95. The van der Waals surface area contributed by atoms with Crippen LogP contribution in [0.2, 0.25) is 0 Å². The summed E-state index contributed by atoms with van der Waals surface area (Å²) in [5.74, 6) is 1.89. The van der Waals surface area contributed by atoms with Crippen molar-refractivity contribution in [2.75, 3.05) is 0 Å². The first-order chi connectivity index (χ1) is 4.02. The first kappa shape index (κ1) is 7.60. The van der Waals surface area contributed by atoms with Crippen molar-refractivity contribution < 1.29 is 0 Å². The summed E-state index contributed by atoms with van der Waals surface area (Å²) in [6.07, 6.45) is 2.84. The van der Waals surface area contributed by atoms with Crippen LogP contribution < -0.4 is 0 Å². The summed E-state index contributed by atoms with van der Waals surface area (Å²) in [5, 5.41) is 0.615. The second kappa shape index (κ2) is 2.27. The van der Waals surface area contributed by atoms with Crippen molar-refractivity contribution in [3.63, 3.8) is 0 Å². The van der Waals surface area contributed by atoms with Gasteiger partial charge < -0.3 is 0 Å². The average Bonchev–Trinajstić information content (AvgIpc) is 2.10. The first-order valence-corrected chi connectivity index (χ1v) is 4.39. The topological polar surface area (TPSA) is 0 Å². The van der Waals surface area contributed by atoms with Gasteiger partial charge in [0.2, 0.25) is 0 Å². The van der Waals surface area contributed by atoms with Crippen LogP contribution in [0.25, 0.3) is 0 Å². The molecule has 0 aromatic rings. The van der Waals surface area contributed by atoms with Crippen LogP contribution in [-0.4, -0.2) is 12.9 Å². The SMILES string of the molecule is BC1(P)CC1CC(C)C. The fourth-order valence-corrected chi connectivity index (χ4v) is 1.81. The van der Waals surface area contributed by atoms with E-state index in [9.17, 15) is 0 Å². The molecule has 0 heterocycles. The molecule has 52 valence electrons. The molecule has 2 heteroatoms. The van der Waals surface area contributed by atoms with Crippen LogP contribution in [0.15, 0.2) is 0 Å². The van der Waals surface area contributed by atoms with E-state index >= 15 is 0 Å². The zero-order valence-electron chi connectivity index (χ0n) is 6.65. The largest absolute Gasteiger partial charge is 0.139 e. The van der Waals surface area contributed by atoms with Crippen LogP contribution in [-0.2, 0) is 0 Å². The summed E-state index contributed by atoms with van der Waals surface area (Å²) in [6, 6.07) is 0. The monoisotopic (exact) mass is 142 g/mol. The maximum atomic E-state index is 2.96. The van der Waals surface area contributed by atoms with Gasteiger partial charge in [-0.15, -0.1) is 9.24 Å². The summed E-state index contributed by atoms with van der Waals surface area (Å²) >= 11 is 0. The van der Waals surface area contributed by atoms with Crippen molar-refractivity contribution in [2.45, 2.75) is 31.7 Å². The van der Waals surface area contributed by atoms with E-state index in [1.165, 1.54) is 12.8 Å². The molecule has 1 rings (SSSR count). The molecule has 0 bridgehead atoms. The van der Waals surface area contributed by atoms with E-state index in [4.69, 9.17) is 0 Å². The second-order valence-corrected chi connectivity index (χ2v) is 5.36. The minimum atomic E-state index is 0.615. The Morgan fingerprint density at radius 1 is 1.78 bits per heavy atom. The molecule has 0 radical (unpaired) electrons. The third-order valence-corrected chi connectivity index (χ3v) is 2.92. The number of hydrogen-bond acceptors (Lipinski definition) is 0. The molecule has 1 saturated carbocycles. The molecule has 9 heavy (non-hydrogen) atoms. The predicted octanol–water partition coefficient (Wildman–Crippen LogP) is 1.26. The molecular formula is C7H16BP. The van der Waals surface area contributed by atoms with Gasteiger partial charge in [0.25, 0.3) is 0 Å². The molecular weight excluding hydrogens is 126 g/mol. The summed E-state index contributed by atoms with van der Waals surface area (Å²) < 4.78 is 0. The maximum absolute atomic E-state index is 2.96. The lowest BCUT2D eigenvalue weighted by molar-refractivity contribution is 0.538. The lowest BCUT2D eigenvalue weighted by Gasteiger charge is -2.04. The van der Waals surface area contributed by atoms with Gasteiger partial charge in [0, 0.05) is 0 Å². The second-order valence-electron chi connectivity index (χ2n) is 4.04. The van der Waals surface area contributed by atoms with Gasteiger partial charge in [0.05, 0.1) is 0 Å². The standard InChI is InChI=1S/C7H16BP/c1-5(2)3-6-4-7(6,8)9/h5-6H,3-4,8-9H2,1-2H3. The van der Waals surface area contributed by atoms with E-state index in [0.29, 0.717) is 5.06 Å². The highest BCUT2D eigenvalue weighted by Crippen LogP contribution is 2.51. The lowest BCUT2D eigenvalue weighted by Crippen LogP contribution is -2.01. The van der Waals surface area contributed by atoms with Crippen LogP contribution in [0.3, 0.4) is 0 Å². The molecule has 3 atom stereocenters. The van der Waals surface area contributed by atoms with Gasteiger partial charge in [-0.2, -0.15) is 0 Å². The van der Waals surface area contributed by atoms with Crippen LogP contribution in [0.1, 0.15) is 26.7 Å². The predicted molar refractivity (Wildman–Crippen MR) is 48.5 cm³/mol. The third kappa shape index (κ3) is 1.97. The summed E-state index contributed by atoms with van der Waals surface area (Å²) in [4.78, 5) is 0. The van der Waals surface area contributed by atoms with E-state index in [1.54, 1.807) is 0 Å². The molecule has 0 aliphatic heterocycles. The molecule has 0 nitrogen and oxygen atoms in total. The van der Waals surface area contributed by atoms with Gasteiger partial charge in [-0.3, -0.25) is 0 Å². The van der Waals surface area contributed by atoms with E-state index in [1.807, 2.05) is 0 Å². The Morgan fingerprint density at radius 2 is 2.22 bits per heavy atom. The molecule has 1 aliphatic rings. The summed E-state index contributed by atoms with van der Waals surface area (Å²) in [7, 11) is 5.29. The van der Waals surface area contributed by atoms with Gasteiger partial charge in [0.1, 0.15) is 7.85 Å². The van der Waals surface area contributed by atoms with Gasteiger partial charge in [-0.25, -0.2) is 0 Å². The van der Waals surface area contributed by atoms with Crippen LogP contribution in [0, 0.1) is 11.8 Å². The van der Waals surface area contributed by atoms with Crippen molar-refractivity contribution in [1.29, 1.82) is 0 Å². The van der Waals surface area contributed by atoms with Crippen molar-refractivity contribution >= 4 is 17.1 Å². The average molecular weight is 142 g/mol. The number of rotatable bonds is 2. The Kier molecular flexibility index (Phi) is 1.92. The molecule has 0 aromatic carbocycles. The van der Waals surface area contributed by atoms with Gasteiger partial charge in [0.15, 0.2) is 0 Å². The van der Waals surface area contributed by atoms with E-state index in [0.717, 1.165) is 11.8 Å². The molecule has 0 aromatic heterocycles. The molecule has 0 N–H and O–H groups in total. The normalized spacial score (nSPS) is 41.6. The van der Waals surface area contributed by atoms with E-state index in [2.05, 4.69) is 30.9 Å². The van der Waals surface area contributed by atoms with Crippen molar-refractivity contribution in [1.82, 2.24) is 0 Å². The quantitative estimate of drug-likeness (QED) is 0.402. The molecule has 1 aliphatic carbocycles. The molecule has 0 saturated heterocycles. The van der Waals surface area contributed by atoms with Crippen LogP contribution in [0.5, 0.6) is 0 Å². The van der Waals surface area contributed by atoms with E-state index in [-0.39, 0.29) is 0 Å². The minimum Gasteiger partial charge on any atom is -0.139 e. The highest BCUT2D eigenvalue weighted by atomic mass is 31.0. The Labute approximate surface area is 61.4 Å². The van der Waals surface area contributed by atoms with Crippen LogP contribution >= 0.6 is 9.24 Å². The Hall–Kier alpha value is 0.495. The molecule has 1 fully saturated rings. The third-order valence-electron chi connectivity index (χ3n) is 2.21. The number of hydrogen-bond donors (Lipinski definition) is 0. The zero-order chi connectivity index (χ0) is 7.07. The highest BCUT2D eigenvalue weighted by Gasteiger charge is 2.45. The molecule has 0 spiro atoms. The summed E-state index contributed by atoms with van der Waals surface area (Å²) in [6.45, 7) is 4.61. The van der Waals surface area contributed by atoms with Crippen LogP contribution in [0.4, 0.5) is 0 Å². The molecule has 3 unspecified atom stereocenters. The van der Waals surface area contributed by atoms with Crippen molar-refractivity contribution in [3.8, 4) is 0 Å². The smallest absolute Gasteiger partial charge is 0.114 e. The minimum absolute atomic E-state index is 0.615. The van der Waals surface area contributed by atoms with Gasteiger partial charge in [-0.1, -0.05) is 13.8 Å². The van der Waals surface area contributed by atoms with Gasteiger partial charge in [-0.05, 0) is 29.7 Å². The Bertz CT molecular complexity index is 109. The summed E-state index contributed by atoms with van der Waals surface area (Å²) in [5.41, 5.74) is 0. The Morgan fingerprint density at radius 3 is 2.33 bits per heavy atom. The molecule has 0 amide bonds. The highest BCUT2D eigenvalue weighted by molar-refractivity contribution is 7.23. The zero-order valence-corrected chi connectivity index (χ0v) is 7.80. The van der Waals surface area contributed by atoms with Gasteiger partial charge >= 0.3 is 0 Å². The van der Waals surface area contributed by atoms with Crippen molar-refractivity contribution in [3.05, 3.63) is 0 Å². The maximum Gasteiger partial charge on any atom is 0.114 e. The fraction of sp³-hybridized carbons (Fsp3) is 1.00. The first-order valence-electron chi connectivity index (χ1n) is 3.81. The van der Waals surface area contributed by atoms with E-state index < -0.39 is 0 Å². The fourth-order valence-electron chi connectivity index (χ4n) is 1.39.